The van der Waals surface area contributed by atoms with Crippen molar-refractivity contribution < 1.29 is 9.53 Å². The predicted molar refractivity (Wildman–Crippen MR) is 52.4 cm³/mol. The fourth-order valence-electron chi connectivity index (χ4n) is 1.17. The third-order valence-electron chi connectivity index (χ3n) is 2.05. The molecule has 0 rings (SSSR count). The molecule has 13 heavy (non-hydrogen) atoms. The first-order valence-corrected chi connectivity index (χ1v) is 4.69. The van der Waals surface area contributed by atoms with E-state index in [0.29, 0.717) is 6.61 Å². The van der Waals surface area contributed by atoms with Crippen LogP contribution in [0.3, 0.4) is 0 Å². The lowest BCUT2D eigenvalue weighted by atomic mass is 10.1. The van der Waals surface area contributed by atoms with Crippen LogP contribution in [0, 0.1) is 0 Å². The number of nitrogens with two attached hydrogens (primary N) is 1. The van der Waals surface area contributed by atoms with Crippen molar-refractivity contribution >= 4 is 5.91 Å². The molecule has 0 heterocycles. The van der Waals surface area contributed by atoms with Gasteiger partial charge in [0.25, 0.3) is 0 Å². The molecule has 0 radical (unpaired) electrons. The molecule has 0 aromatic rings. The molecule has 0 saturated heterocycles. The van der Waals surface area contributed by atoms with Crippen LogP contribution in [0.15, 0.2) is 0 Å². The van der Waals surface area contributed by atoms with Crippen LogP contribution in [0.5, 0.6) is 0 Å². The molecular formula is C9H20N2O2. The van der Waals surface area contributed by atoms with E-state index in [9.17, 15) is 4.79 Å². The zero-order valence-electron chi connectivity index (χ0n) is 8.67. The average molecular weight is 188 g/mol. The number of primary amides is 1. The van der Waals surface area contributed by atoms with Crippen LogP contribution >= 0.6 is 0 Å². The number of rotatable bonds is 7. The van der Waals surface area contributed by atoms with Gasteiger partial charge in [0, 0.05) is 13.2 Å². The smallest absolute Gasteiger partial charge is 0.234 e. The number of ether oxygens (including phenoxy) is 1. The van der Waals surface area contributed by atoms with Crippen molar-refractivity contribution in [2.24, 2.45) is 5.73 Å². The lowest BCUT2D eigenvalue weighted by Gasteiger charge is -2.21. The maximum absolute atomic E-state index is 10.9. The Kier molecular flexibility index (Phi) is 6.54. The standard InChI is InChI=1S/C9H20N2O2/c1-4-7(6-13-3)11-8(5-2)9(10)12/h7-8,11H,4-6H2,1-3H3,(H2,10,12). The van der Waals surface area contributed by atoms with Crippen LogP contribution in [0.25, 0.3) is 0 Å². The van der Waals surface area contributed by atoms with Crippen molar-refractivity contribution in [1.82, 2.24) is 5.32 Å². The Morgan fingerprint density at radius 2 is 2.08 bits per heavy atom. The second kappa shape index (κ2) is 6.86. The predicted octanol–water partition coefficient (Wildman–Crippen LogP) is 0.265. The van der Waals surface area contributed by atoms with Crippen molar-refractivity contribution in [1.29, 1.82) is 0 Å². The van der Waals surface area contributed by atoms with E-state index in [1.807, 2.05) is 13.8 Å². The van der Waals surface area contributed by atoms with Crippen molar-refractivity contribution in [2.45, 2.75) is 38.8 Å². The highest BCUT2D eigenvalue weighted by Gasteiger charge is 2.16. The summed E-state index contributed by atoms with van der Waals surface area (Å²) in [5, 5.41) is 3.15. The number of hydrogen-bond acceptors (Lipinski definition) is 3. The molecule has 0 bridgehead atoms. The average Bonchev–Trinajstić information content (AvgIpc) is 2.11. The molecule has 3 N–H and O–H groups in total. The number of methoxy groups -OCH3 is 1. The van der Waals surface area contributed by atoms with Gasteiger partial charge in [-0.15, -0.1) is 0 Å². The van der Waals surface area contributed by atoms with Crippen LogP contribution in [-0.4, -0.2) is 31.7 Å². The zero-order valence-corrected chi connectivity index (χ0v) is 8.67. The van der Waals surface area contributed by atoms with E-state index >= 15 is 0 Å². The monoisotopic (exact) mass is 188 g/mol. The first-order chi connectivity index (χ1) is 6.15. The minimum Gasteiger partial charge on any atom is -0.383 e. The van der Waals surface area contributed by atoms with E-state index < -0.39 is 0 Å². The molecule has 0 spiro atoms. The third kappa shape index (κ3) is 4.85. The van der Waals surface area contributed by atoms with Crippen LogP contribution in [0.2, 0.25) is 0 Å². The first kappa shape index (κ1) is 12.4. The van der Waals surface area contributed by atoms with Gasteiger partial charge < -0.3 is 15.8 Å². The van der Waals surface area contributed by atoms with Crippen LogP contribution in [0.1, 0.15) is 26.7 Å². The number of hydrogen-bond donors (Lipinski definition) is 2. The van der Waals surface area contributed by atoms with Crippen molar-refractivity contribution in [3.8, 4) is 0 Å². The molecular weight excluding hydrogens is 168 g/mol. The zero-order chi connectivity index (χ0) is 10.3. The van der Waals surface area contributed by atoms with Crippen LogP contribution in [0.4, 0.5) is 0 Å². The van der Waals surface area contributed by atoms with E-state index in [1.54, 1.807) is 7.11 Å². The Balaban J connectivity index is 3.95. The lowest BCUT2D eigenvalue weighted by Crippen LogP contribution is -2.47. The summed E-state index contributed by atoms with van der Waals surface area (Å²) < 4.78 is 5.01. The summed E-state index contributed by atoms with van der Waals surface area (Å²) in [6.07, 6.45) is 1.65. The molecule has 0 aliphatic heterocycles. The molecule has 4 nitrogen and oxygen atoms in total. The summed E-state index contributed by atoms with van der Waals surface area (Å²) in [5.41, 5.74) is 5.20. The molecule has 1 amide bonds. The van der Waals surface area contributed by atoms with Gasteiger partial charge in [-0.25, -0.2) is 0 Å². The Hall–Kier alpha value is -0.610. The van der Waals surface area contributed by atoms with E-state index in [0.717, 1.165) is 12.8 Å². The molecule has 0 saturated carbocycles. The molecule has 0 aromatic carbocycles. The SMILES string of the molecule is CCC(COC)NC(CC)C(N)=O. The second-order valence-electron chi connectivity index (χ2n) is 3.09. The number of amides is 1. The lowest BCUT2D eigenvalue weighted by molar-refractivity contribution is -0.120. The second-order valence-corrected chi connectivity index (χ2v) is 3.09. The highest BCUT2D eigenvalue weighted by atomic mass is 16.5. The molecule has 4 heteroatoms. The summed E-state index contributed by atoms with van der Waals surface area (Å²) in [6.45, 7) is 4.59. The largest absolute Gasteiger partial charge is 0.383 e. The summed E-state index contributed by atoms with van der Waals surface area (Å²) >= 11 is 0. The fourth-order valence-corrected chi connectivity index (χ4v) is 1.17. The van der Waals surface area contributed by atoms with Gasteiger partial charge in [0.05, 0.1) is 12.6 Å². The highest BCUT2D eigenvalue weighted by molar-refractivity contribution is 5.79. The van der Waals surface area contributed by atoms with Gasteiger partial charge in [-0.1, -0.05) is 13.8 Å². The Morgan fingerprint density at radius 1 is 1.46 bits per heavy atom. The molecule has 0 aromatic heterocycles. The first-order valence-electron chi connectivity index (χ1n) is 4.69. The molecule has 0 aliphatic carbocycles. The molecule has 0 fully saturated rings. The van der Waals surface area contributed by atoms with Crippen molar-refractivity contribution in [3.05, 3.63) is 0 Å². The van der Waals surface area contributed by atoms with Gasteiger partial charge in [0.15, 0.2) is 0 Å². The fraction of sp³-hybridized carbons (Fsp3) is 0.889. The van der Waals surface area contributed by atoms with Gasteiger partial charge in [0.2, 0.25) is 5.91 Å². The summed E-state index contributed by atoms with van der Waals surface area (Å²) in [4.78, 5) is 10.9. The maximum atomic E-state index is 10.9. The Bertz CT molecular complexity index is 151. The molecule has 78 valence electrons. The minimum atomic E-state index is -0.294. The normalized spacial score (nSPS) is 15.3. The third-order valence-corrected chi connectivity index (χ3v) is 2.05. The highest BCUT2D eigenvalue weighted by Crippen LogP contribution is 1.97. The topological polar surface area (TPSA) is 64.3 Å². The van der Waals surface area contributed by atoms with Gasteiger partial charge in [0.1, 0.15) is 0 Å². The van der Waals surface area contributed by atoms with E-state index in [2.05, 4.69) is 5.32 Å². The van der Waals surface area contributed by atoms with Gasteiger partial charge in [-0.3, -0.25) is 4.79 Å². The van der Waals surface area contributed by atoms with E-state index in [-0.39, 0.29) is 18.0 Å². The van der Waals surface area contributed by atoms with Gasteiger partial charge in [-0.2, -0.15) is 0 Å². The Morgan fingerprint density at radius 3 is 2.38 bits per heavy atom. The van der Waals surface area contributed by atoms with Gasteiger partial charge >= 0.3 is 0 Å². The van der Waals surface area contributed by atoms with Crippen LogP contribution in [-0.2, 0) is 9.53 Å². The summed E-state index contributed by atoms with van der Waals surface area (Å²) in [5.74, 6) is -0.294. The van der Waals surface area contributed by atoms with Crippen molar-refractivity contribution in [2.75, 3.05) is 13.7 Å². The van der Waals surface area contributed by atoms with E-state index in [1.165, 1.54) is 0 Å². The number of carbonyl (C=O) groups excluding carboxylic acids is 1. The number of nitrogens with one attached hydrogen (secondary N) is 1. The maximum Gasteiger partial charge on any atom is 0.234 e. The number of carbonyl (C=O) groups is 1. The summed E-state index contributed by atoms with van der Waals surface area (Å²) in [6, 6.07) is -0.0254. The van der Waals surface area contributed by atoms with Gasteiger partial charge in [-0.05, 0) is 12.8 Å². The molecule has 2 unspecified atom stereocenters. The Labute approximate surface area is 79.8 Å². The molecule has 0 aliphatic rings. The minimum absolute atomic E-state index is 0.211. The van der Waals surface area contributed by atoms with E-state index in [4.69, 9.17) is 10.5 Å². The van der Waals surface area contributed by atoms with Crippen LogP contribution < -0.4 is 11.1 Å². The van der Waals surface area contributed by atoms with Crippen molar-refractivity contribution in [3.63, 3.8) is 0 Å². The summed E-state index contributed by atoms with van der Waals surface area (Å²) in [7, 11) is 1.65. The molecule has 2 atom stereocenters. The quantitative estimate of drug-likeness (QED) is 0.602.